The first kappa shape index (κ1) is 63.5. The molecule has 78 heavy (non-hydrogen) atoms. The molecule has 0 radical (unpaired) electrons. The highest BCUT2D eigenvalue weighted by molar-refractivity contribution is 5.73. The molecule has 442 valence electrons. The topological polar surface area (TPSA) is 254 Å². The molecule has 19 atom stereocenters. The number of nitrogens with zero attached hydrogens (tertiary/aromatic N) is 9. The fourth-order valence-electron chi connectivity index (χ4n) is 11.6. The Kier molecular flexibility index (Phi) is 21.9. The summed E-state index contributed by atoms with van der Waals surface area (Å²) in [6, 6.07) is 5.60. The van der Waals surface area contributed by atoms with Gasteiger partial charge < -0.3 is 73.4 Å². The lowest BCUT2D eigenvalue weighted by molar-refractivity contribution is -0.308. The minimum absolute atomic E-state index is 0.0879. The predicted molar refractivity (Wildman–Crippen MR) is 286 cm³/mol. The number of halogens is 1. The first-order valence-corrected chi connectivity index (χ1v) is 27.6. The number of aromatic nitrogens is 6. The standard InChI is InChI=1S/C55H92FN9O13/c1-16-44-55(9,71)49(67)35(5)63(13)28-32(2)25-53(7,70)45(24-43(34(4)51(69)77-44)76-46-26-54(8,73-15)50(68)36(6)75-46)78-52-47(66)41(23-33(3)74-52)62(12)22-21-38-30-65(60-57-38)42(27-56)48(72-14)37-17-19-40(20-18-37)64-31-39(58-59-64)29-61(10)11/h17-20,30-36,41-50,52,66-68,70-71H,16,21-29H2,1-15H3/t32-,33-,34-,35-,36+,41+,42-,43+,44-,45-,46+,47-,48-,49-,50+,52+,53-,54-,55-/m1/s1. The Morgan fingerprint density at radius 2 is 1.58 bits per heavy atom. The van der Waals surface area contributed by atoms with Crippen LogP contribution in [-0.4, -0.2) is 229 Å². The zero-order chi connectivity index (χ0) is 57.6. The van der Waals surface area contributed by atoms with Gasteiger partial charge in [0.2, 0.25) is 0 Å². The molecule has 2 aromatic heterocycles. The Bertz CT molecular complexity index is 2330. The van der Waals surface area contributed by atoms with Crippen molar-refractivity contribution in [1.82, 2.24) is 44.7 Å². The third kappa shape index (κ3) is 15.1. The number of benzene rings is 1. The lowest BCUT2D eigenvalue weighted by atomic mass is 9.83. The zero-order valence-electron chi connectivity index (χ0n) is 48.7. The number of rotatable bonds is 18. The summed E-state index contributed by atoms with van der Waals surface area (Å²) in [5.41, 5.74) is -1.59. The lowest BCUT2D eigenvalue weighted by Crippen LogP contribution is -2.59. The Morgan fingerprint density at radius 1 is 0.897 bits per heavy atom. The highest BCUT2D eigenvalue weighted by Crippen LogP contribution is 2.39. The second kappa shape index (κ2) is 26.9. The molecule has 5 N–H and O–H groups in total. The summed E-state index contributed by atoms with van der Waals surface area (Å²) in [4.78, 5) is 20.3. The van der Waals surface area contributed by atoms with Gasteiger partial charge in [0.05, 0.1) is 64.8 Å². The van der Waals surface area contributed by atoms with E-state index in [0.717, 1.165) is 16.9 Å². The smallest absolute Gasteiger partial charge is 0.311 e. The van der Waals surface area contributed by atoms with Crippen molar-refractivity contribution >= 4 is 5.97 Å². The number of aliphatic hydroxyl groups excluding tert-OH is 3. The number of aliphatic hydroxyl groups is 5. The predicted octanol–water partition coefficient (Wildman–Crippen LogP) is 3.40. The summed E-state index contributed by atoms with van der Waals surface area (Å²) in [5, 5.41) is 76.8. The van der Waals surface area contributed by atoms with Crippen LogP contribution >= 0.6 is 0 Å². The van der Waals surface area contributed by atoms with Crippen LogP contribution in [0.5, 0.6) is 0 Å². The number of hydrogen-bond acceptors (Lipinski definition) is 20. The number of cyclic esters (lactones) is 1. The normalized spacial score (nSPS) is 37.0. The van der Waals surface area contributed by atoms with Gasteiger partial charge in [0.1, 0.15) is 48.8 Å². The molecule has 23 heteroatoms. The van der Waals surface area contributed by atoms with Crippen LogP contribution in [0.3, 0.4) is 0 Å². The van der Waals surface area contributed by atoms with Crippen molar-refractivity contribution in [2.75, 3.05) is 62.2 Å². The van der Waals surface area contributed by atoms with E-state index in [2.05, 4.69) is 20.6 Å². The van der Waals surface area contributed by atoms with Gasteiger partial charge >= 0.3 is 5.97 Å². The second-order valence-corrected chi connectivity index (χ2v) is 23.5. The summed E-state index contributed by atoms with van der Waals surface area (Å²) < 4.78 is 62.0. The van der Waals surface area contributed by atoms with Gasteiger partial charge in [-0.15, -0.1) is 10.2 Å². The fraction of sp³-hybridized carbons (Fsp3) is 0.800. The van der Waals surface area contributed by atoms with Crippen LogP contribution < -0.4 is 0 Å². The molecule has 0 unspecified atom stereocenters. The number of carbonyl (C=O) groups is 1. The third-order valence-electron chi connectivity index (χ3n) is 16.6. The molecule has 3 fully saturated rings. The monoisotopic (exact) mass is 1110 g/mol. The molecule has 5 heterocycles. The molecule has 3 aromatic rings. The third-order valence-corrected chi connectivity index (χ3v) is 16.6. The Hall–Kier alpha value is -3.66. The first-order valence-electron chi connectivity index (χ1n) is 27.6. The minimum atomic E-state index is -1.85. The average Bonchev–Trinajstić information content (AvgIpc) is 4.08. The summed E-state index contributed by atoms with van der Waals surface area (Å²) in [6.45, 7) is 16.3. The molecule has 3 aliphatic heterocycles. The van der Waals surface area contributed by atoms with E-state index >= 15 is 0 Å². The van der Waals surface area contributed by atoms with Crippen molar-refractivity contribution in [2.24, 2.45) is 11.8 Å². The van der Waals surface area contributed by atoms with E-state index in [1.807, 2.05) is 87.2 Å². The molecule has 0 bridgehead atoms. The Morgan fingerprint density at radius 3 is 2.21 bits per heavy atom. The van der Waals surface area contributed by atoms with Gasteiger partial charge in [-0.1, -0.05) is 36.4 Å². The lowest BCUT2D eigenvalue weighted by Gasteiger charge is -2.47. The number of hydrogen-bond donors (Lipinski definition) is 5. The highest BCUT2D eigenvalue weighted by Gasteiger charge is 2.51. The number of ether oxygens (including phenoxy) is 7. The van der Waals surface area contributed by atoms with Crippen LogP contribution in [0, 0.1) is 11.8 Å². The molecular formula is C55H92FN9O13. The molecule has 0 saturated carbocycles. The first-order chi connectivity index (χ1) is 36.7. The van der Waals surface area contributed by atoms with Crippen molar-refractivity contribution in [3.63, 3.8) is 0 Å². The highest BCUT2D eigenvalue weighted by atomic mass is 19.1. The van der Waals surface area contributed by atoms with E-state index in [1.165, 1.54) is 25.8 Å². The number of esters is 1. The summed E-state index contributed by atoms with van der Waals surface area (Å²) in [7, 11) is 10.7. The fourth-order valence-corrected chi connectivity index (χ4v) is 11.6. The minimum Gasteiger partial charge on any atom is -0.459 e. The second-order valence-electron chi connectivity index (χ2n) is 23.5. The van der Waals surface area contributed by atoms with Crippen LogP contribution in [0.25, 0.3) is 5.69 Å². The quantitative estimate of drug-likeness (QED) is 0.114. The zero-order valence-corrected chi connectivity index (χ0v) is 48.7. The maximum Gasteiger partial charge on any atom is 0.311 e. The summed E-state index contributed by atoms with van der Waals surface area (Å²) in [6.07, 6.45) is -6.18. The van der Waals surface area contributed by atoms with Crippen molar-refractivity contribution in [3.8, 4) is 5.69 Å². The number of carbonyl (C=O) groups excluding carboxylic acids is 1. The van der Waals surface area contributed by atoms with Crippen LogP contribution in [-0.2, 0) is 50.9 Å². The summed E-state index contributed by atoms with van der Waals surface area (Å²) >= 11 is 0. The van der Waals surface area contributed by atoms with Crippen LogP contribution in [0.2, 0.25) is 0 Å². The molecule has 0 aliphatic carbocycles. The van der Waals surface area contributed by atoms with Crippen LogP contribution in [0.4, 0.5) is 4.39 Å². The molecular weight excluding hydrogens is 1010 g/mol. The number of methoxy groups -OCH3 is 2. The van der Waals surface area contributed by atoms with E-state index in [-0.39, 0.29) is 31.6 Å². The SMILES string of the molecule is CC[C@H]1OC(=O)[C@H](C)[C@@H](O[C@H]2C[C@@](C)(OC)[C@@H](O)[C@H](C)O2)C[C@@H](O[C@@H]2O[C@H](C)C[C@H](N(C)CCc3cn([C@H](CF)[C@H](OC)c4ccc(-n5cc(CN(C)C)nn5)cc4)nn3)[C@H]2O)[C@](C)(O)C[C@@H](C)CN(C)[C@H](C)[C@@H](O)[C@]1(C)O. The molecule has 0 spiro atoms. The molecule has 0 amide bonds. The number of alkyl halides is 1. The van der Waals surface area contributed by atoms with Gasteiger partial charge in [0, 0.05) is 71.4 Å². The van der Waals surface area contributed by atoms with Gasteiger partial charge in [0.25, 0.3) is 0 Å². The summed E-state index contributed by atoms with van der Waals surface area (Å²) in [5.74, 6) is -2.01. The molecule has 3 aliphatic rings. The van der Waals surface area contributed by atoms with E-state index < -0.39 is 121 Å². The van der Waals surface area contributed by atoms with Gasteiger partial charge in [-0.2, -0.15) is 0 Å². The Labute approximate surface area is 460 Å². The van der Waals surface area contributed by atoms with E-state index in [4.69, 9.17) is 33.2 Å². The van der Waals surface area contributed by atoms with Crippen molar-refractivity contribution < 1.29 is 67.9 Å². The van der Waals surface area contributed by atoms with Gasteiger partial charge in [-0.3, -0.25) is 4.79 Å². The van der Waals surface area contributed by atoms with Gasteiger partial charge in [-0.25, -0.2) is 13.8 Å². The van der Waals surface area contributed by atoms with E-state index in [1.54, 1.807) is 52.4 Å². The van der Waals surface area contributed by atoms with Crippen molar-refractivity contribution in [1.29, 1.82) is 0 Å². The van der Waals surface area contributed by atoms with Crippen molar-refractivity contribution in [3.05, 3.63) is 53.6 Å². The van der Waals surface area contributed by atoms with Gasteiger partial charge in [-0.05, 0) is 120 Å². The van der Waals surface area contributed by atoms with E-state index in [9.17, 15) is 34.7 Å². The maximum absolute atomic E-state index is 15.0. The van der Waals surface area contributed by atoms with E-state index in [0.29, 0.717) is 38.2 Å². The average molecular weight is 1110 g/mol. The van der Waals surface area contributed by atoms with Gasteiger partial charge in [0.15, 0.2) is 12.6 Å². The molecule has 1 aromatic carbocycles. The molecule has 3 saturated heterocycles. The largest absolute Gasteiger partial charge is 0.459 e. The molecule has 6 rings (SSSR count). The van der Waals surface area contributed by atoms with Crippen LogP contribution in [0.15, 0.2) is 36.7 Å². The molecule has 22 nitrogen and oxygen atoms in total. The maximum atomic E-state index is 15.0. The van der Waals surface area contributed by atoms with Crippen LogP contribution in [0.1, 0.15) is 124 Å². The number of likely N-dealkylation sites (N-methyl/N-ethyl adjacent to an activating group) is 2. The Balaban J connectivity index is 1.22. The van der Waals surface area contributed by atoms with Crippen molar-refractivity contribution in [2.45, 2.75) is 210 Å².